The number of hydrogen-bond donors (Lipinski definition) is 4. The van der Waals surface area contributed by atoms with Gasteiger partial charge in [-0.2, -0.15) is 0 Å². The number of fused-ring (bicyclic) bond motifs is 1. The molecule has 0 aliphatic carbocycles. The molecule has 142 valence electrons. The average Bonchev–Trinajstić information content (AvgIpc) is 3.18. The van der Waals surface area contributed by atoms with E-state index >= 15 is 0 Å². The van der Waals surface area contributed by atoms with Gasteiger partial charge in [-0.25, -0.2) is 4.98 Å². The monoisotopic (exact) mass is 379 g/mol. The van der Waals surface area contributed by atoms with Crippen molar-refractivity contribution in [2.45, 2.75) is 13.0 Å². The highest BCUT2D eigenvalue weighted by Crippen LogP contribution is 2.37. The van der Waals surface area contributed by atoms with Crippen LogP contribution in [0.5, 0.6) is 11.5 Å². The van der Waals surface area contributed by atoms with Crippen LogP contribution in [0.2, 0.25) is 0 Å². The molecule has 8 heteroatoms. The molecule has 1 aromatic carbocycles. The number of rotatable bonds is 5. The lowest BCUT2D eigenvalue weighted by molar-refractivity contribution is -0.122. The third-order valence-electron chi connectivity index (χ3n) is 4.66. The molecule has 2 amide bonds. The number of aliphatic hydroxyl groups excluding tert-OH is 1. The summed E-state index contributed by atoms with van der Waals surface area (Å²) in [5.41, 5.74) is 1.78. The minimum atomic E-state index is -0.578. The lowest BCUT2D eigenvalue weighted by atomic mass is 9.96. The van der Waals surface area contributed by atoms with Crippen LogP contribution in [0.1, 0.15) is 17.5 Å². The second kappa shape index (κ2) is 6.82. The maximum absolute atomic E-state index is 12.6. The largest absolute Gasteiger partial charge is 0.504 e. The second-order valence-electron chi connectivity index (χ2n) is 6.42. The van der Waals surface area contributed by atoms with Gasteiger partial charge in [-0.3, -0.25) is 14.9 Å². The fraction of sp³-hybridized carbons (Fsp3) is 0.150. The number of aromatic hydroxyl groups is 2. The van der Waals surface area contributed by atoms with Gasteiger partial charge in [0.05, 0.1) is 11.1 Å². The number of nitrogens with zero attached hydrogens (tertiary/aromatic N) is 2. The van der Waals surface area contributed by atoms with Crippen LogP contribution in [0, 0.1) is 0 Å². The molecule has 0 saturated carbocycles. The zero-order chi connectivity index (χ0) is 19.8. The van der Waals surface area contributed by atoms with Crippen molar-refractivity contribution in [2.75, 3.05) is 6.61 Å². The molecule has 0 unspecified atom stereocenters. The van der Waals surface area contributed by atoms with E-state index in [4.69, 9.17) is 5.11 Å². The number of amides is 2. The second-order valence-corrected chi connectivity index (χ2v) is 6.42. The van der Waals surface area contributed by atoms with Crippen LogP contribution in [-0.4, -0.2) is 43.3 Å². The van der Waals surface area contributed by atoms with E-state index in [1.54, 1.807) is 18.5 Å². The van der Waals surface area contributed by atoms with Crippen molar-refractivity contribution in [3.05, 3.63) is 53.9 Å². The van der Waals surface area contributed by atoms with Crippen molar-refractivity contribution in [1.82, 2.24) is 14.9 Å². The highest BCUT2D eigenvalue weighted by atomic mass is 16.3. The summed E-state index contributed by atoms with van der Waals surface area (Å²) in [6.45, 7) is 0.518. The van der Waals surface area contributed by atoms with Crippen LogP contribution in [0.4, 0.5) is 0 Å². The molecule has 8 nitrogen and oxygen atoms in total. The van der Waals surface area contributed by atoms with Crippen LogP contribution in [0.25, 0.3) is 22.2 Å². The Hall–Kier alpha value is -3.65. The van der Waals surface area contributed by atoms with E-state index in [1.165, 1.54) is 18.2 Å². The third-order valence-corrected chi connectivity index (χ3v) is 4.66. The topological polar surface area (TPSA) is 125 Å². The van der Waals surface area contributed by atoms with Gasteiger partial charge in [-0.1, -0.05) is 6.07 Å². The van der Waals surface area contributed by atoms with Crippen molar-refractivity contribution in [1.29, 1.82) is 0 Å². The van der Waals surface area contributed by atoms with Gasteiger partial charge in [0.15, 0.2) is 11.5 Å². The van der Waals surface area contributed by atoms with Gasteiger partial charge in [0.2, 0.25) is 0 Å². The number of carbonyl (C=O) groups is 2. The van der Waals surface area contributed by atoms with Crippen molar-refractivity contribution in [3.63, 3.8) is 0 Å². The maximum atomic E-state index is 12.6. The van der Waals surface area contributed by atoms with Crippen molar-refractivity contribution in [2.24, 2.45) is 0 Å². The first-order valence-corrected chi connectivity index (χ1v) is 8.68. The van der Waals surface area contributed by atoms with Crippen LogP contribution < -0.4 is 5.32 Å². The first-order valence-electron chi connectivity index (χ1n) is 8.68. The van der Waals surface area contributed by atoms with Gasteiger partial charge < -0.3 is 19.9 Å². The Bertz CT molecular complexity index is 1150. The standard InChI is InChI=1S/C20H17N3O5/c24-8-2-7-23-10-13(12-3-1-6-21-18(12)23)17-16(19(27)22-20(17)28)11-4-5-14(25)15(26)9-11/h1,3-6,9-10,24-26H,2,7-8H2,(H,22,27,28). The first-order chi connectivity index (χ1) is 13.5. The summed E-state index contributed by atoms with van der Waals surface area (Å²) in [6, 6.07) is 7.51. The number of aryl methyl sites for hydroxylation is 1. The minimum absolute atomic E-state index is 0.0154. The summed E-state index contributed by atoms with van der Waals surface area (Å²) in [6.07, 6.45) is 3.89. The summed E-state index contributed by atoms with van der Waals surface area (Å²) in [5.74, 6) is -1.83. The van der Waals surface area contributed by atoms with E-state index < -0.39 is 11.8 Å². The smallest absolute Gasteiger partial charge is 0.259 e. The highest BCUT2D eigenvalue weighted by Gasteiger charge is 2.34. The van der Waals surface area contributed by atoms with E-state index in [1.807, 2.05) is 10.6 Å². The molecule has 0 atom stereocenters. The number of pyridine rings is 1. The summed E-state index contributed by atoms with van der Waals surface area (Å²) in [4.78, 5) is 29.5. The van der Waals surface area contributed by atoms with Gasteiger partial charge in [0.1, 0.15) is 5.65 Å². The lowest BCUT2D eigenvalue weighted by Crippen LogP contribution is -2.22. The molecule has 28 heavy (non-hydrogen) atoms. The predicted molar refractivity (Wildman–Crippen MR) is 101 cm³/mol. The zero-order valence-electron chi connectivity index (χ0n) is 14.7. The predicted octanol–water partition coefficient (Wildman–Crippen LogP) is 1.40. The Balaban J connectivity index is 1.97. The molecule has 0 spiro atoms. The molecule has 0 saturated heterocycles. The molecule has 4 N–H and O–H groups in total. The van der Waals surface area contributed by atoms with Crippen molar-refractivity contribution >= 4 is 34.0 Å². The third kappa shape index (κ3) is 2.80. The first kappa shape index (κ1) is 17.7. The molecule has 4 rings (SSSR count). The minimum Gasteiger partial charge on any atom is -0.504 e. The van der Waals surface area contributed by atoms with Gasteiger partial charge >= 0.3 is 0 Å². The molecule has 2 aromatic heterocycles. The van der Waals surface area contributed by atoms with Gasteiger partial charge in [0.25, 0.3) is 11.8 Å². The summed E-state index contributed by atoms with van der Waals surface area (Å²) >= 11 is 0. The quantitative estimate of drug-likeness (QED) is 0.392. The fourth-order valence-corrected chi connectivity index (χ4v) is 3.40. The van der Waals surface area contributed by atoms with Crippen LogP contribution in [-0.2, 0) is 16.1 Å². The number of hydrogen-bond acceptors (Lipinski definition) is 6. The normalized spacial score (nSPS) is 14.2. The molecular weight excluding hydrogens is 362 g/mol. The Morgan fingerprint density at radius 1 is 1.04 bits per heavy atom. The fourth-order valence-electron chi connectivity index (χ4n) is 3.40. The Kier molecular flexibility index (Phi) is 4.32. The Morgan fingerprint density at radius 2 is 1.82 bits per heavy atom. The average molecular weight is 379 g/mol. The van der Waals surface area contributed by atoms with E-state index in [2.05, 4.69) is 10.3 Å². The number of aliphatic hydroxyl groups is 1. The Labute approximate surface area is 159 Å². The van der Waals surface area contributed by atoms with Crippen LogP contribution in [0.3, 0.4) is 0 Å². The molecular formula is C20H17N3O5. The molecule has 1 aliphatic rings. The van der Waals surface area contributed by atoms with E-state index in [0.717, 1.165) is 0 Å². The molecule has 0 radical (unpaired) electrons. The lowest BCUT2D eigenvalue weighted by Gasteiger charge is -2.05. The zero-order valence-corrected chi connectivity index (χ0v) is 14.7. The number of benzene rings is 1. The number of aromatic nitrogens is 2. The SMILES string of the molecule is O=C1NC(=O)C(c2cn(CCCO)c3ncccc23)=C1c1ccc(O)c(O)c1. The molecule has 3 heterocycles. The number of carbonyl (C=O) groups excluding carboxylic acids is 2. The van der Waals surface area contributed by atoms with E-state index in [-0.39, 0.29) is 29.3 Å². The summed E-state index contributed by atoms with van der Waals surface area (Å²) in [7, 11) is 0. The van der Waals surface area contributed by atoms with Gasteiger partial charge in [0, 0.05) is 36.5 Å². The molecule has 1 aliphatic heterocycles. The van der Waals surface area contributed by atoms with E-state index in [0.29, 0.717) is 35.1 Å². The number of imide groups is 1. The van der Waals surface area contributed by atoms with Crippen LogP contribution in [0.15, 0.2) is 42.7 Å². The Morgan fingerprint density at radius 3 is 2.57 bits per heavy atom. The molecule has 0 bridgehead atoms. The number of phenolic OH excluding ortho intramolecular Hbond substituents is 2. The van der Waals surface area contributed by atoms with Crippen molar-refractivity contribution < 1.29 is 24.9 Å². The molecule has 0 fully saturated rings. The number of phenols is 2. The maximum Gasteiger partial charge on any atom is 0.259 e. The molecule has 3 aromatic rings. The summed E-state index contributed by atoms with van der Waals surface area (Å²) in [5, 5.41) is 31.5. The summed E-state index contributed by atoms with van der Waals surface area (Å²) < 4.78 is 1.83. The van der Waals surface area contributed by atoms with Gasteiger partial charge in [-0.15, -0.1) is 0 Å². The highest BCUT2D eigenvalue weighted by molar-refractivity contribution is 6.50. The number of nitrogens with one attached hydrogen (secondary N) is 1. The van der Waals surface area contributed by atoms with E-state index in [9.17, 15) is 19.8 Å². The van der Waals surface area contributed by atoms with Crippen molar-refractivity contribution in [3.8, 4) is 11.5 Å². The van der Waals surface area contributed by atoms with Gasteiger partial charge in [-0.05, 0) is 36.2 Å². The van der Waals surface area contributed by atoms with Crippen LogP contribution >= 0.6 is 0 Å².